The minimum Gasteiger partial charge on any atom is -0.497 e. The van der Waals surface area contributed by atoms with E-state index in [4.69, 9.17) is 14.6 Å². The average Bonchev–Trinajstić information content (AvgIpc) is 2.37. The van der Waals surface area contributed by atoms with Crippen LogP contribution in [0.25, 0.3) is 0 Å². The van der Waals surface area contributed by atoms with Crippen molar-refractivity contribution >= 4 is 11.7 Å². The fraction of sp³-hybridized carbons (Fsp3) is 0.462. The summed E-state index contributed by atoms with van der Waals surface area (Å²) in [4.78, 5) is 21.3. The van der Waals surface area contributed by atoms with E-state index >= 15 is 0 Å². The number of benzene rings is 1. The molecule has 20 heavy (non-hydrogen) atoms. The minimum atomic E-state index is -0.951. The summed E-state index contributed by atoms with van der Waals surface area (Å²) in [6.07, 6.45) is 0.233. The molecule has 0 amide bonds. The molecule has 110 valence electrons. The van der Waals surface area contributed by atoms with Gasteiger partial charge in [-0.3, -0.25) is 14.9 Å². The van der Waals surface area contributed by atoms with Crippen LogP contribution in [-0.2, 0) is 4.79 Å². The molecule has 0 aromatic heterocycles. The Labute approximate surface area is 116 Å². The first-order valence-electron chi connectivity index (χ1n) is 5.96. The summed E-state index contributed by atoms with van der Waals surface area (Å²) in [6.45, 7) is 3.20. The Morgan fingerprint density at radius 3 is 2.60 bits per heavy atom. The fourth-order valence-corrected chi connectivity index (χ4v) is 1.41. The standard InChI is InChI=1S/C13H17NO6/c1-13(2,12(15)16)6-7-20-11-8-9(19-3)4-5-10(11)14(17)18/h4-5,8H,6-7H2,1-3H3,(H,15,16). The third-order valence-corrected chi connectivity index (χ3v) is 2.93. The maximum absolute atomic E-state index is 11.0. The van der Waals surface area contributed by atoms with Crippen LogP contribution in [0, 0.1) is 15.5 Å². The van der Waals surface area contributed by atoms with Crippen molar-refractivity contribution in [1.29, 1.82) is 0 Å². The maximum atomic E-state index is 11.0. The van der Waals surface area contributed by atoms with Gasteiger partial charge in [0.25, 0.3) is 0 Å². The van der Waals surface area contributed by atoms with Gasteiger partial charge in [-0.05, 0) is 26.3 Å². The first-order valence-corrected chi connectivity index (χ1v) is 5.96. The second-order valence-electron chi connectivity index (χ2n) is 4.88. The molecule has 0 radical (unpaired) electrons. The maximum Gasteiger partial charge on any atom is 0.311 e. The molecule has 0 aliphatic rings. The third-order valence-electron chi connectivity index (χ3n) is 2.93. The highest BCUT2D eigenvalue weighted by Crippen LogP contribution is 2.32. The highest BCUT2D eigenvalue weighted by molar-refractivity contribution is 5.73. The van der Waals surface area contributed by atoms with Gasteiger partial charge in [0, 0.05) is 12.1 Å². The van der Waals surface area contributed by atoms with Gasteiger partial charge >= 0.3 is 11.7 Å². The van der Waals surface area contributed by atoms with E-state index in [1.807, 2.05) is 0 Å². The Bertz CT molecular complexity index is 512. The molecular weight excluding hydrogens is 266 g/mol. The molecule has 1 N–H and O–H groups in total. The lowest BCUT2D eigenvalue weighted by Crippen LogP contribution is -2.25. The van der Waals surface area contributed by atoms with Gasteiger partial charge in [-0.25, -0.2) is 0 Å². The van der Waals surface area contributed by atoms with Crippen molar-refractivity contribution in [2.45, 2.75) is 20.3 Å². The van der Waals surface area contributed by atoms with Crippen molar-refractivity contribution in [3.8, 4) is 11.5 Å². The van der Waals surface area contributed by atoms with Crippen molar-refractivity contribution < 1.29 is 24.3 Å². The van der Waals surface area contributed by atoms with E-state index in [0.29, 0.717) is 5.75 Å². The van der Waals surface area contributed by atoms with Gasteiger partial charge in [0.15, 0.2) is 0 Å². The van der Waals surface area contributed by atoms with Crippen LogP contribution in [0.4, 0.5) is 5.69 Å². The molecule has 1 rings (SSSR count). The molecule has 0 spiro atoms. The largest absolute Gasteiger partial charge is 0.497 e. The zero-order valence-electron chi connectivity index (χ0n) is 11.6. The molecule has 7 heteroatoms. The molecule has 0 aliphatic heterocycles. The topological polar surface area (TPSA) is 98.9 Å². The van der Waals surface area contributed by atoms with Gasteiger partial charge in [-0.15, -0.1) is 0 Å². The number of carboxylic acid groups (broad SMARTS) is 1. The average molecular weight is 283 g/mol. The second-order valence-corrected chi connectivity index (χ2v) is 4.88. The van der Waals surface area contributed by atoms with Crippen LogP contribution >= 0.6 is 0 Å². The van der Waals surface area contributed by atoms with E-state index in [2.05, 4.69) is 0 Å². The van der Waals surface area contributed by atoms with E-state index in [9.17, 15) is 14.9 Å². The summed E-state index contributed by atoms with van der Waals surface area (Å²) in [5.74, 6) is -0.445. The highest BCUT2D eigenvalue weighted by atomic mass is 16.6. The summed E-state index contributed by atoms with van der Waals surface area (Å²) in [5, 5.41) is 19.9. The number of ether oxygens (including phenoxy) is 2. The van der Waals surface area contributed by atoms with Gasteiger partial charge in [0.2, 0.25) is 5.75 Å². The molecule has 0 heterocycles. The lowest BCUT2D eigenvalue weighted by Gasteiger charge is -2.18. The Balaban J connectivity index is 2.81. The molecule has 0 fully saturated rings. The van der Waals surface area contributed by atoms with Crippen molar-refractivity contribution in [3.63, 3.8) is 0 Å². The molecule has 0 aliphatic carbocycles. The van der Waals surface area contributed by atoms with Crippen LogP contribution in [0.5, 0.6) is 11.5 Å². The van der Waals surface area contributed by atoms with Crippen LogP contribution < -0.4 is 9.47 Å². The summed E-state index contributed by atoms with van der Waals surface area (Å²) >= 11 is 0. The Morgan fingerprint density at radius 2 is 2.10 bits per heavy atom. The Hall–Kier alpha value is -2.31. The number of nitrogens with zero attached hydrogens (tertiary/aromatic N) is 1. The molecule has 1 aromatic carbocycles. The SMILES string of the molecule is COc1ccc([N+](=O)[O-])c(OCCC(C)(C)C(=O)O)c1. The van der Waals surface area contributed by atoms with Crippen LogP contribution in [-0.4, -0.2) is 29.7 Å². The molecular formula is C13H17NO6. The first-order chi connectivity index (χ1) is 9.27. The van der Waals surface area contributed by atoms with Gasteiger partial charge in [-0.1, -0.05) is 0 Å². The number of nitro benzene ring substituents is 1. The Morgan fingerprint density at radius 1 is 1.45 bits per heavy atom. The number of hydrogen-bond acceptors (Lipinski definition) is 5. The van der Waals surface area contributed by atoms with Gasteiger partial charge in [-0.2, -0.15) is 0 Å². The van der Waals surface area contributed by atoms with E-state index < -0.39 is 16.3 Å². The van der Waals surface area contributed by atoms with Crippen molar-refractivity contribution in [3.05, 3.63) is 28.3 Å². The van der Waals surface area contributed by atoms with Gasteiger partial charge in [0.1, 0.15) is 5.75 Å². The van der Waals surface area contributed by atoms with Crippen LogP contribution in [0.1, 0.15) is 20.3 Å². The summed E-state index contributed by atoms with van der Waals surface area (Å²) in [5.41, 5.74) is -1.13. The third kappa shape index (κ3) is 3.84. The predicted molar refractivity (Wildman–Crippen MR) is 71.2 cm³/mol. The summed E-state index contributed by atoms with van der Waals surface area (Å²) in [7, 11) is 1.44. The fourth-order valence-electron chi connectivity index (χ4n) is 1.41. The van der Waals surface area contributed by atoms with Crippen LogP contribution in [0.15, 0.2) is 18.2 Å². The van der Waals surface area contributed by atoms with E-state index in [0.717, 1.165) is 0 Å². The van der Waals surface area contributed by atoms with E-state index in [1.54, 1.807) is 13.8 Å². The molecule has 0 saturated heterocycles. The molecule has 0 atom stereocenters. The zero-order valence-corrected chi connectivity index (χ0v) is 11.6. The lowest BCUT2D eigenvalue weighted by atomic mass is 9.90. The number of carboxylic acids is 1. The van der Waals surface area contributed by atoms with Crippen molar-refractivity contribution in [1.82, 2.24) is 0 Å². The number of methoxy groups -OCH3 is 1. The number of aliphatic carboxylic acids is 1. The first kappa shape index (κ1) is 15.7. The molecule has 1 aromatic rings. The molecule has 0 saturated carbocycles. The Kier molecular flexibility index (Phi) is 4.90. The smallest absolute Gasteiger partial charge is 0.311 e. The van der Waals surface area contributed by atoms with Gasteiger partial charge < -0.3 is 14.6 Å². The number of carbonyl (C=O) groups is 1. The summed E-state index contributed by atoms with van der Waals surface area (Å²) in [6, 6.07) is 4.16. The number of hydrogen-bond donors (Lipinski definition) is 1. The number of rotatable bonds is 7. The molecule has 0 unspecified atom stereocenters. The van der Waals surface area contributed by atoms with E-state index in [-0.39, 0.29) is 24.5 Å². The minimum absolute atomic E-state index is 0.0628. The second kappa shape index (κ2) is 6.23. The zero-order chi connectivity index (χ0) is 15.3. The number of nitro groups is 1. The van der Waals surface area contributed by atoms with E-state index in [1.165, 1.54) is 25.3 Å². The molecule has 7 nitrogen and oxygen atoms in total. The van der Waals surface area contributed by atoms with Crippen LogP contribution in [0.2, 0.25) is 0 Å². The van der Waals surface area contributed by atoms with Crippen LogP contribution in [0.3, 0.4) is 0 Å². The quantitative estimate of drug-likeness (QED) is 0.609. The van der Waals surface area contributed by atoms with Crippen molar-refractivity contribution in [2.24, 2.45) is 5.41 Å². The van der Waals surface area contributed by atoms with Gasteiger partial charge in [0.05, 0.1) is 24.1 Å². The predicted octanol–water partition coefficient (Wildman–Crippen LogP) is 2.48. The lowest BCUT2D eigenvalue weighted by molar-refractivity contribution is -0.385. The normalized spacial score (nSPS) is 10.9. The molecule has 0 bridgehead atoms. The van der Waals surface area contributed by atoms with Crippen molar-refractivity contribution in [2.75, 3.05) is 13.7 Å². The monoisotopic (exact) mass is 283 g/mol. The highest BCUT2D eigenvalue weighted by Gasteiger charge is 2.27. The summed E-state index contributed by atoms with van der Waals surface area (Å²) < 4.78 is 10.3.